The zero-order chi connectivity index (χ0) is 15.1. The van der Waals surface area contributed by atoms with E-state index in [1.807, 2.05) is 0 Å². The second-order valence-corrected chi connectivity index (χ2v) is 4.95. The van der Waals surface area contributed by atoms with Crippen molar-refractivity contribution in [3.63, 3.8) is 0 Å². The van der Waals surface area contributed by atoms with Gasteiger partial charge in [0.25, 0.3) is 0 Å². The molecule has 0 aromatic carbocycles. The minimum absolute atomic E-state index is 0.360. The lowest BCUT2D eigenvalue weighted by Crippen LogP contribution is -2.47. The highest BCUT2D eigenvalue weighted by atomic mass is 16.4. The van der Waals surface area contributed by atoms with Crippen molar-refractivity contribution in [1.82, 2.24) is 15.1 Å². The second kappa shape index (κ2) is 7.68. The lowest BCUT2D eigenvalue weighted by Gasteiger charge is -2.21. The Hall–Kier alpha value is -1.83. The van der Waals surface area contributed by atoms with Crippen molar-refractivity contribution < 1.29 is 19.5 Å². The SMILES string of the molecule is CCN1CCC(CNC(=O)N(CC(N)=O)CC(=O)O)C1. The number of hydrogen-bond donors (Lipinski definition) is 3. The zero-order valence-electron chi connectivity index (χ0n) is 11.7. The molecule has 0 saturated carbocycles. The number of carboxylic acid groups (broad SMARTS) is 1. The monoisotopic (exact) mass is 286 g/mol. The summed E-state index contributed by atoms with van der Waals surface area (Å²) in [6.07, 6.45) is 1.00. The highest BCUT2D eigenvalue weighted by molar-refractivity contribution is 5.85. The van der Waals surface area contributed by atoms with Crippen LogP contribution in [0.25, 0.3) is 0 Å². The molecule has 1 aliphatic rings. The first-order valence-electron chi connectivity index (χ1n) is 6.67. The van der Waals surface area contributed by atoms with E-state index < -0.39 is 31.0 Å². The summed E-state index contributed by atoms with van der Waals surface area (Å²) < 4.78 is 0. The fraction of sp³-hybridized carbons (Fsp3) is 0.750. The maximum atomic E-state index is 11.9. The van der Waals surface area contributed by atoms with Gasteiger partial charge in [0.05, 0.1) is 0 Å². The first-order valence-corrected chi connectivity index (χ1v) is 6.67. The molecule has 1 aliphatic heterocycles. The number of carboxylic acids is 1. The molecule has 20 heavy (non-hydrogen) atoms. The van der Waals surface area contributed by atoms with Crippen LogP contribution in [-0.2, 0) is 9.59 Å². The molecule has 1 rings (SSSR count). The third kappa shape index (κ3) is 5.43. The van der Waals surface area contributed by atoms with Gasteiger partial charge in [0.15, 0.2) is 0 Å². The van der Waals surface area contributed by atoms with Crippen LogP contribution in [0.5, 0.6) is 0 Å². The summed E-state index contributed by atoms with van der Waals surface area (Å²) in [6.45, 7) is 4.54. The number of carbonyl (C=O) groups is 3. The van der Waals surface area contributed by atoms with Crippen molar-refractivity contribution in [2.45, 2.75) is 13.3 Å². The summed E-state index contributed by atoms with van der Waals surface area (Å²) in [5.41, 5.74) is 5.00. The summed E-state index contributed by atoms with van der Waals surface area (Å²) in [6, 6.07) is -0.568. The number of carbonyl (C=O) groups excluding carboxylic acids is 2. The number of nitrogens with zero attached hydrogens (tertiary/aromatic N) is 2. The lowest BCUT2D eigenvalue weighted by molar-refractivity contribution is -0.137. The molecule has 8 nitrogen and oxygen atoms in total. The molecule has 0 bridgehead atoms. The molecular weight excluding hydrogens is 264 g/mol. The Labute approximate surface area is 117 Å². The topological polar surface area (TPSA) is 116 Å². The number of hydrogen-bond acceptors (Lipinski definition) is 4. The van der Waals surface area contributed by atoms with E-state index in [-0.39, 0.29) is 0 Å². The van der Waals surface area contributed by atoms with Gasteiger partial charge in [-0.15, -0.1) is 0 Å². The number of primary amides is 1. The van der Waals surface area contributed by atoms with E-state index in [4.69, 9.17) is 10.8 Å². The maximum Gasteiger partial charge on any atom is 0.323 e. The van der Waals surface area contributed by atoms with Gasteiger partial charge in [0.2, 0.25) is 5.91 Å². The normalized spacial score (nSPS) is 18.8. The third-order valence-electron chi connectivity index (χ3n) is 3.32. The first-order chi connectivity index (χ1) is 9.42. The molecule has 1 fully saturated rings. The van der Waals surface area contributed by atoms with Gasteiger partial charge in [-0.3, -0.25) is 9.59 Å². The van der Waals surface area contributed by atoms with Crippen molar-refractivity contribution >= 4 is 17.9 Å². The largest absolute Gasteiger partial charge is 0.480 e. The number of nitrogens with two attached hydrogens (primary N) is 1. The molecule has 0 aliphatic carbocycles. The molecule has 114 valence electrons. The quantitative estimate of drug-likeness (QED) is 0.550. The number of aliphatic carboxylic acids is 1. The van der Waals surface area contributed by atoms with Gasteiger partial charge in [-0.05, 0) is 25.4 Å². The Bertz CT molecular complexity index is 358. The molecule has 0 spiro atoms. The number of rotatable bonds is 7. The van der Waals surface area contributed by atoms with E-state index in [1.54, 1.807) is 0 Å². The fourth-order valence-corrected chi connectivity index (χ4v) is 2.26. The Morgan fingerprint density at radius 3 is 2.60 bits per heavy atom. The van der Waals surface area contributed by atoms with Crippen LogP contribution in [0.2, 0.25) is 0 Å². The summed E-state index contributed by atoms with van der Waals surface area (Å²) in [5, 5.41) is 11.4. The maximum absolute atomic E-state index is 11.9. The highest BCUT2D eigenvalue weighted by Gasteiger charge is 2.23. The van der Waals surface area contributed by atoms with E-state index in [0.717, 1.165) is 31.0 Å². The van der Waals surface area contributed by atoms with E-state index in [1.165, 1.54) is 0 Å². The standard InChI is InChI=1S/C12H22N4O4/c1-2-15-4-3-9(6-15)5-14-12(20)16(7-10(13)17)8-11(18)19/h9H,2-8H2,1H3,(H2,13,17)(H,14,20)(H,18,19). The van der Waals surface area contributed by atoms with Crippen molar-refractivity contribution in [3.05, 3.63) is 0 Å². The molecule has 8 heteroatoms. The van der Waals surface area contributed by atoms with Crippen molar-refractivity contribution in [2.75, 3.05) is 39.3 Å². The number of likely N-dealkylation sites (tertiary alicyclic amines) is 1. The minimum atomic E-state index is -1.18. The number of urea groups is 1. The van der Waals surface area contributed by atoms with E-state index in [0.29, 0.717) is 12.5 Å². The highest BCUT2D eigenvalue weighted by Crippen LogP contribution is 2.14. The van der Waals surface area contributed by atoms with Gasteiger partial charge in [-0.2, -0.15) is 0 Å². The Balaban J connectivity index is 2.41. The molecule has 0 aromatic rings. The Morgan fingerprint density at radius 1 is 1.40 bits per heavy atom. The number of nitrogens with one attached hydrogen (secondary N) is 1. The average molecular weight is 286 g/mol. The van der Waals surface area contributed by atoms with Crippen molar-refractivity contribution in [1.29, 1.82) is 0 Å². The molecule has 3 amide bonds. The van der Waals surface area contributed by atoms with Crippen molar-refractivity contribution in [3.8, 4) is 0 Å². The van der Waals surface area contributed by atoms with Gasteiger partial charge in [0.1, 0.15) is 13.1 Å². The van der Waals surface area contributed by atoms with Crippen LogP contribution in [-0.4, -0.2) is 72.1 Å². The van der Waals surface area contributed by atoms with Crippen LogP contribution in [0, 0.1) is 5.92 Å². The van der Waals surface area contributed by atoms with Crippen LogP contribution >= 0.6 is 0 Å². The molecule has 1 atom stereocenters. The van der Waals surface area contributed by atoms with Gasteiger partial charge >= 0.3 is 12.0 Å². The fourth-order valence-electron chi connectivity index (χ4n) is 2.26. The van der Waals surface area contributed by atoms with Gasteiger partial charge in [-0.25, -0.2) is 4.79 Å². The third-order valence-corrected chi connectivity index (χ3v) is 3.32. The van der Waals surface area contributed by atoms with Crippen LogP contribution in [0.3, 0.4) is 0 Å². The average Bonchev–Trinajstić information content (AvgIpc) is 2.82. The lowest BCUT2D eigenvalue weighted by atomic mass is 10.1. The molecule has 1 unspecified atom stereocenters. The number of amides is 3. The first kappa shape index (κ1) is 16.2. The van der Waals surface area contributed by atoms with Crippen molar-refractivity contribution in [2.24, 2.45) is 11.7 Å². The molecule has 4 N–H and O–H groups in total. The van der Waals surface area contributed by atoms with Crippen LogP contribution in [0.4, 0.5) is 4.79 Å². The molecule has 1 saturated heterocycles. The van der Waals surface area contributed by atoms with E-state index >= 15 is 0 Å². The smallest absolute Gasteiger partial charge is 0.323 e. The minimum Gasteiger partial charge on any atom is -0.480 e. The summed E-state index contributed by atoms with van der Waals surface area (Å²) >= 11 is 0. The van der Waals surface area contributed by atoms with Gasteiger partial charge in [-0.1, -0.05) is 6.92 Å². The van der Waals surface area contributed by atoms with Gasteiger partial charge < -0.3 is 26.0 Å². The predicted molar refractivity (Wildman–Crippen MR) is 72.0 cm³/mol. The Morgan fingerprint density at radius 2 is 2.10 bits per heavy atom. The van der Waals surface area contributed by atoms with Crippen LogP contribution < -0.4 is 11.1 Å². The van der Waals surface area contributed by atoms with Crippen LogP contribution in [0.15, 0.2) is 0 Å². The van der Waals surface area contributed by atoms with E-state index in [9.17, 15) is 14.4 Å². The summed E-state index contributed by atoms with van der Waals surface area (Å²) in [7, 11) is 0. The van der Waals surface area contributed by atoms with Gasteiger partial charge in [0, 0.05) is 13.1 Å². The second-order valence-electron chi connectivity index (χ2n) is 4.95. The Kier molecular flexibility index (Phi) is 6.23. The molecule has 0 aromatic heterocycles. The summed E-state index contributed by atoms with van der Waals surface area (Å²) in [4.78, 5) is 36.5. The predicted octanol–water partition coefficient (Wildman–Crippen LogP) is -1.09. The summed E-state index contributed by atoms with van der Waals surface area (Å²) in [5.74, 6) is -1.56. The molecular formula is C12H22N4O4. The molecule has 0 radical (unpaired) electrons. The molecule has 1 heterocycles. The van der Waals surface area contributed by atoms with Crippen LogP contribution in [0.1, 0.15) is 13.3 Å². The zero-order valence-corrected chi connectivity index (χ0v) is 11.7. The van der Waals surface area contributed by atoms with E-state index in [2.05, 4.69) is 17.1 Å².